The summed E-state index contributed by atoms with van der Waals surface area (Å²) in [5.41, 5.74) is -2.08. The second-order valence-electron chi connectivity index (χ2n) is 2.40. The lowest BCUT2D eigenvalue weighted by Gasteiger charge is -2.02. The zero-order chi connectivity index (χ0) is 11.6. The van der Waals surface area contributed by atoms with Crippen LogP contribution in [0, 0.1) is 21.4 Å². The van der Waals surface area contributed by atoms with Crippen molar-refractivity contribution in [3.05, 3.63) is 32.6 Å². The Hall–Kier alpha value is -1.81. The monoisotopic (exact) mass is 233 g/mol. The van der Waals surface area contributed by atoms with E-state index >= 15 is 0 Å². The predicted molar refractivity (Wildman–Crippen MR) is 45.6 cm³/mol. The van der Waals surface area contributed by atoms with E-state index in [4.69, 9.17) is 16.9 Å². The molecule has 0 atom stereocenters. The molecule has 1 rings (SSSR count). The van der Waals surface area contributed by atoms with E-state index in [1.165, 1.54) is 6.07 Å². The van der Waals surface area contributed by atoms with Crippen LogP contribution in [0.25, 0.3) is 0 Å². The molecule has 0 fully saturated rings. The first-order valence-electron chi connectivity index (χ1n) is 3.50. The van der Waals surface area contributed by atoms with Gasteiger partial charge in [-0.05, 0) is 0 Å². The lowest BCUT2D eigenvalue weighted by atomic mass is 10.2. The van der Waals surface area contributed by atoms with Crippen LogP contribution in [0.1, 0.15) is 17.7 Å². The second-order valence-corrected chi connectivity index (χ2v) is 2.76. The number of nitrogens with zero attached hydrogens (tertiary/aromatic N) is 3. The van der Waals surface area contributed by atoms with E-state index in [0.717, 1.165) is 0 Å². The molecule has 8 heteroatoms. The maximum absolute atomic E-state index is 12.3. The van der Waals surface area contributed by atoms with Crippen LogP contribution in [-0.2, 0) is 0 Å². The average molecular weight is 234 g/mol. The number of hydrogen-bond donors (Lipinski definition) is 0. The molecule has 0 saturated heterocycles. The van der Waals surface area contributed by atoms with Gasteiger partial charge in [0, 0.05) is 6.07 Å². The molecule has 0 unspecified atom stereocenters. The molecule has 0 amide bonds. The molecule has 0 saturated carbocycles. The van der Waals surface area contributed by atoms with Gasteiger partial charge in [0.15, 0.2) is 0 Å². The minimum atomic E-state index is -3.00. The zero-order valence-corrected chi connectivity index (χ0v) is 7.70. The molecule has 0 aliphatic heterocycles. The number of halogens is 3. The Balaban J connectivity index is 3.44. The topological polar surface area (TPSA) is 79.8 Å². The number of rotatable bonds is 2. The minimum absolute atomic E-state index is 0.555. The molecule has 0 aromatic carbocycles. The first-order valence-corrected chi connectivity index (χ1v) is 3.88. The van der Waals surface area contributed by atoms with Crippen LogP contribution in [0.5, 0.6) is 0 Å². The summed E-state index contributed by atoms with van der Waals surface area (Å²) in [6.45, 7) is 0. The minimum Gasteiger partial charge on any atom is -0.258 e. The molecule has 1 heterocycles. The summed E-state index contributed by atoms with van der Waals surface area (Å²) < 4.78 is 24.6. The highest BCUT2D eigenvalue weighted by molar-refractivity contribution is 6.31. The number of nitriles is 1. The number of hydrogen-bond acceptors (Lipinski definition) is 4. The lowest BCUT2D eigenvalue weighted by Crippen LogP contribution is -2.00. The van der Waals surface area contributed by atoms with Crippen LogP contribution >= 0.6 is 11.6 Å². The predicted octanol–water partition coefficient (Wildman–Crippen LogP) is 2.45. The molecule has 0 aliphatic rings. The Bertz CT molecular complexity index is 458. The van der Waals surface area contributed by atoms with Gasteiger partial charge in [0.1, 0.15) is 11.8 Å². The molecule has 5 nitrogen and oxygen atoms in total. The lowest BCUT2D eigenvalue weighted by molar-refractivity contribution is -0.385. The van der Waals surface area contributed by atoms with E-state index in [9.17, 15) is 18.9 Å². The van der Waals surface area contributed by atoms with Gasteiger partial charge in [-0.25, -0.2) is 13.8 Å². The molecule has 1 aromatic heterocycles. The first-order chi connectivity index (χ1) is 6.97. The van der Waals surface area contributed by atoms with E-state index in [1.54, 1.807) is 0 Å². The first kappa shape index (κ1) is 11.3. The van der Waals surface area contributed by atoms with Crippen molar-refractivity contribution >= 4 is 17.3 Å². The molecule has 0 aliphatic carbocycles. The fourth-order valence-electron chi connectivity index (χ4n) is 0.877. The largest absolute Gasteiger partial charge is 0.307 e. The van der Waals surface area contributed by atoms with Crippen molar-refractivity contribution in [2.75, 3.05) is 0 Å². The van der Waals surface area contributed by atoms with E-state index in [0.29, 0.717) is 6.07 Å². The Labute approximate surface area is 87.1 Å². The Morgan fingerprint density at radius 3 is 2.67 bits per heavy atom. The number of pyridine rings is 1. The maximum Gasteiger partial charge on any atom is 0.307 e. The summed E-state index contributed by atoms with van der Waals surface area (Å²) in [6, 6.07) is 2.07. The van der Waals surface area contributed by atoms with Crippen LogP contribution in [-0.4, -0.2) is 9.91 Å². The third-order valence-corrected chi connectivity index (χ3v) is 1.79. The zero-order valence-electron chi connectivity index (χ0n) is 6.95. The highest BCUT2D eigenvalue weighted by Gasteiger charge is 2.23. The average Bonchev–Trinajstić information content (AvgIpc) is 2.16. The summed E-state index contributed by atoms with van der Waals surface area (Å²) in [5, 5.41) is 18.2. The Morgan fingerprint density at radius 1 is 1.67 bits per heavy atom. The standard InChI is InChI=1S/C7H2ClF2N3O2/c8-6-4(13(14)15)1-3(2-11)5(12-6)7(9)10/h1,7H. The van der Waals surface area contributed by atoms with Crippen molar-refractivity contribution in [1.29, 1.82) is 5.26 Å². The summed E-state index contributed by atoms with van der Waals surface area (Å²) in [5.74, 6) is 0. The van der Waals surface area contributed by atoms with Crippen molar-refractivity contribution < 1.29 is 13.7 Å². The van der Waals surface area contributed by atoms with Crippen LogP contribution in [0.3, 0.4) is 0 Å². The van der Waals surface area contributed by atoms with Gasteiger partial charge in [-0.2, -0.15) is 5.26 Å². The van der Waals surface area contributed by atoms with Gasteiger partial charge in [0.05, 0.1) is 10.5 Å². The smallest absolute Gasteiger partial charge is 0.258 e. The summed E-state index contributed by atoms with van der Waals surface area (Å²) in [4.78, 5) is 12.6. The van der Waals surface area contributed by atoms with Crippen LogP contribution < -0.4 is 0 Å². The highest BCUT2D eigenvalue weighted by atomic mass is 35.5. The molecule has 0 bridgehead atoms. The van der Waals surface area contributed by atoms with Crippen LogP contribution in [0.4, 0.5) is 14.5 Å². The van der Waals surface area contributed by atoms with Gasteiger partial charge in [0.2, 0.25) is 5.15 Å². The second kappa shape index (κ2) is 4.14. The van der Waals surface area contributed by atoms with E-state index in [2.05, 4.69) is 4.98 Å². The summed E-state index contributed by atoms with van der Waals surface area (Å²) in [7, 11) is 0. The van der Waals surface area contributed by atoms with Gasteiger partial charge < -0.3 is 0 Å². The molecule has 78 valence electrons. The number of nitro groups is 1. The summed E-state index contributed by atoms with van der Waals surface area (Å²) in [6.07, 6.45) is -3.00. The molecule has 0 spiro atoms. The SMILES string of the molecule is N#Cc1cc([N+](=O)[O-])c(Cl)nc1C(F)F. The molecule has 1 aromatic rings. The molecule has 0 N–H and O–H groups in total. The van der Waals surface area contributed by atoms with Crippen LogP contribution in [0.2, 0.25) is 5.15 Å². The number of alkyl halides is 2. The van der Waals surface area contributed by atoms with Gasteiger partial charge in [-0.3, -0.25) is 10.1 Å². The Morgan fingerprint density at radius 2 is 2.27 bits per heavy atom. The van der Waals surface area contributed by atoms with Crippen molar-refractivity contribution in [1.82, 2.24) is 4.98 Å². The molecule has 15 heavy (non-hydrogen) atoms. The van der Waals surface area contributed by atoms with Crippen molar-refractivity contribution in [2.24, 2.45) is 0 Å². The van der Waals surface area contributed by atoms with E-state index in [1.807, 2.05) is 0 Å². The van der Waals surface area contributed by atoms with E-state index in [-0.39, 0.29) is 0 Å². The molecule has 0 radical (unpaired) electrons. The van der Waals surface area contributed by atoms with Gasteiger partial charge in [0.25, 0.3) is 6.43 Å². The normalized spacial score (nSPS) is 10.1. The van der Waals surface area contributed by atoms with E-state index < -0.39 is 33.4 Å². The Kier molecular flexibility index (Phi) is 3.11. The van der Waals surface area contributed by atoms with Gasteiger partial charge >= 0.3 is 5.69 Å². The quantitative estimate of drug-likeness (QED) is 0.446. The van der Waals surface area contributed by atoms with Gasteiger partial charge in [-0.15, -0.1) is 0 Å². The van der Waals surface area contributed by atoms with Gasteiger partial charge in [-0.1, -0.05) is 11.6 Å². The van der Waals surface area contributed by atoms with Crippen molar-refractivity contribution in [2.45, 2.75) is 6.43 Å². The fraction of sp³-hybridized carbons (Fsp3) is 0.143. The van der Waals surface area contributed by atoms with Crippen molar-refractivity contribution in [3.63, 3.8) is 0 Å². The third-order valence-electron chi connectivity index (χ3n) is 1.51. The van der Waals surface area contributed by atoms with Crippen molar-refractivity contribution in [3.8, 4) is 6.07 Å². The molecular formula is C7H2ClF2N3O2. The fourth-order valence-corrected chi connectivity index (χ4v) is 1.09. The number of aromatic nitrogens is 1. The molecular weight excluding hydrogens is 232 g/mol. The maximum atomic E-state index is 12.3. The third kappa shape index (κ3) is 2.16. The highest BCUT2D eigenvalue weighted by Crippen LogP contribution is 2.29. The van der Waals surface area contributed by atoms with Crippen LogP contribution in [0.15, 0.2) is 6.07 Å². The summed E-state index contributed by atoms with van der Waals surface area (Å²) >= 11 is 5.30.